The van der Waals surface area contributed by atoms with E-state index >= 15 is 0 Å². The Morgan fingerprint density at radius 3 is 2.15 bits per heavy atom. The number of nitrogens with two attached hydrogens (primary N) is 1. The number of alkyl halides is 6. The second kappa shape index (κ2) is 7.19. The van der Waals surface area contributed by atoms with Crippen LogP contribution >= 0.6 is 11.6 Å². The predicted molar refractivity (Wildman–Crippen MR) is 83.5 cm³/mol. The third-order valence-corrected chi connectivity index (χ3v) is 4.05. The van der Waals surface area contributed by atoms with Crippen LogP contribution in [0.1, 0.15) is 28.2 Å². The molecular weight excluding hydrogens is 384 g/mol. The van der Waals surface area contributed by atoms with Gasteiger partial charge in [-0.05, 0) is 35.7 Å². The second-order valence-electron chi connectivity index (χ2n) is 5.59. The lowest BCUT2D eigenvalue weighted by Gasteiger charge is -2.17. The summed E-state index contributed by atoms with van der Waals surface area (Å²) in [5, 5.41) is -0.567. The maximum atomic E-state index is 12.8. The van der Waals surface area contributed by atoms with Crippen molar-refractivity contribution in [2.75, 3.05) is 0 Å². The van der Waals surface area contributed by atoms with Crippen LogP contribution in [-0.4, -0.2) is 5.91 Å². The number of carbonyl (C=O) groups excluding carboxylic acids is 1. The van der Waals surface area contributed by atoms with Crippen molar-refractivity contribution < 1.29 is 31.1 Å². The highest BCUT2D eigenvalue weighted by Gasteiger charge is 2.34. The van der Waals surface area contributed by atoms with Crippen LogP contribution in [0.25, 0.3) is 0 Å². The van der Waals surface area contributed by atoms with Crippen molar-refractivity contribution in [1.29, 1.82) is 0 Å². The van der Waals surface area contributed by atoms with Crippen molar-refractivity contribution in [3.05, 3.63) is 69.7 Å². The van der Waals surface area contributed by atoms with Crippen molar-refractivity contribution in [2.45, 2.75) is 24.7 Å². The Labute approximate surface area is 149 Å². The molecule has 2 N–H and O–H groups in total. The average Bonchev–Trinajstić information content (AvgIpc) is 2.50. The molecule has 0 aromatic heterocycles. The molecule has 0 fully saturated rings. The number of benzene rings is 2. The molecule has 2 nitrogen and oxygen atoms in total. The maximum absolute atomic E-state index is 12.8. The van der Waals surface area contributed by atoms with Gasteiger partial charge in [0, 0.05) is 0 Å². The number of primary amides is 1. The number of hydrogen-bond acceptors (Lipinski definition) is 1. The normalized spacial score (nSPS) is 13.5. The Hall–Kier alpha value is -2.22. The summed E-state index contributed by atoms with van der Waals surface area (Å²) in [6.45, 7) is 0. The lowest BCUT2D eigenvalue weighted by molar-refractivity contribution is -0.138. The third kappa shape index (κ3) is 4.69. The Kier molecular flexibility index (Phi) is 5.55. The molecule has 2 aromatic carbocycles. The molecule has 26 heavy (non-hydrogen) atoms. The summed E-state index contributed by atoms with van der Waals surface area (Å²) in [6.07, 6.45) is -9.43. The molecule has 9 heteroatoms. The highest BCUT2D eigenvalue weighted by molar-refractivity contribution is 6.31. The lowest BCUT2D eigenvalue weighted by atomic mass is 9.90. The Morgan fingerprint density at radius 2 is 1.65 bits per heavy atom. The average molecular weight is 396 g/mol. The summed E-state index contributed by atoms with van der Waals surface area (Å²) < 4.78 is 76.7. The van der Waals surface area contributed by atoms with Gasteiger partial charge in [0.05, 0.1) is 22.1 Å². The zero-order chi connectivity index (χ0) is 19.7. The maximum Gasteiger partial charge on any atom is 0.417 e. The molecule has 0 radical (unpaired) electrons. The summed E-state index contributed by atoms with van der Waals surface area (Å²) >= 11 is 5.62. The van der Waals surface area contributed by atoms with Gasteiger partial charge in [0.1, 0.15) is 0 Å². The van der Waals surface area contributed by atoms with Crippen molar-refractivity contribution in [1.82, 2.24) is 0 Å². The van der Waals surface area contributed by atoms with Crippen LogP contribution in [-0.2, 0) is 23.6 Å². The lowest BCUT2D eigenvalue weighted by Crippen LogP contribution is -2.24. The molecule has 0 heterocycles. The number of hydrogen-bond donors (Lipinski definition) is 1. The minimum Gasteiger partial charge on any atom is -0.369 e. The standard InChI is InChI=1S/C17H12ClF6NO/c18-14-7-9(4-5-13(14)17(22,23)24)6-12(15(25)26)10-2-1-3-11(8-10)16(19,20)21/h1-5,7-8,12H,6H2,(H2,25,26). The van der Waals surface area contributed by atoms with Gasteiger partial charge in [0.15, 0.2) is 0 Å². The first kappa shape index (κ1) is 20.1. The fourth-order valence-corrected chi connectivity index (χ4v) is 2.78. The number of rotatable bonds is 4. The van der Waals surface area contributed by atoms with E-state index < -0.39 is 40.3 Å². The molecule has 0 saturated heterocycles. The molecule has 140 valence electrons. The molecule has 0 saturated carbocycles. The third-order valence-electron chi connectivity index (χ3n) is 3.74. The molecular formula is C17H12ClF6NO. The second-order valence-corrected chi connectivity index (χ2v) is 6.00. The largest absolute Gasteiger partial charge is 0.417 e. The quantitative estimate of drug-likeness (QED) is 0.711. The first-order valence-electron chi connectivity index (χ1n) is 7.21. The van der Waals surface area contributed by atoms with E-state index in [1.165, 1.54) is 6.07 Å². The Balaban J connectivity index is 2.36. The van der Waals surface area contributed by atoms with Gasteiger partial charge >= 0.3 is 12.4 Å². The molecule has 0 bridgehead atoms. The molecule has 1 amide bonds. The zero-order valence-electron chi connectivity index (χ0n) is 13.0. The number of amides is 1. The summed E-state index contributed by atoms with van der Waals surface area (Å²) in [5.41, 5.74) is 3.54. The van der Waals surface area contributed by atoms with E-state index in [1.54, 1.807) is 0 Å². The predicted octanol–water partition coefficient (Wildman–Crippen LogP) is 5.19. The van der Waals surface area contributed by atoms with E-state index in [0.29, 0.717) is 0 Å². The molecule has 1 unspecified atom stereocenters. The smallest absolute Gasteiger partial charge is 0.369 e. The van der Waals surface area contributed by atoms with E-state index in [0.717, 1.165) is 36.4 Å². The van der Waals surface area contributed by atoms with Gasteiger partial charge in [0.25, 0.3) is 0 Å². The Bertz CT molecular complexity index is 816. The molecule has 0 aliphatic carbocycles. The van der Waals surface area contributed by atoms with Gasteiger partial charge in [0.2, 0.25) is 5.91 Å². The molecule has 0 spiro atoms. The van der Waals surface area contributed by atoms with Crippen LogP contribution in [0, 0.1) is 0 Å². The van der Waals surface area contributed by atoms with Crippen molar-refractivity contribution in [2.24, 2.45) is 5.73 Å². The molecule has 0 aliphatic rings. The van der Waals surface area contributed by atoms with Gasteiger partial charge in [-0.3, -0.25) is 4.79 Å². The summed E-state index contributed by atoms with van der Waals surface area (Å²) in [5.74, 6) is -2.05. The fraction of sp³-hybridized carbons (Fsp3) is 0.235. The molecule has 2 aromatic rings. The highest BCUT2D eigenvalue weighted by atomic mass is 35.5. The summed E-state index contributed by atoms with van der Waals surface area (Å²) in [4.78, 5) is 11.7. The SMILES string of the molecule is NC(=O)C(Cc1ccc(C(F)(F)F)c(Cl)c1)c1cccc(C(F)(F)F)c1. The molecule has 0 aliphatic heterocycles. The summed E-state index contributed by atoms with van der Waals surface area (Å²) in [6, 6.07) is 6.95. The topological polar surface area (TPSA) is 43.1 Å². The van der Waals surface area contributed by atoms with Gasteiger partial charge < -0.3 is 5.73 Å². The molecule has 2 rings (SSSR count). The fourth-order valence-electron chi connectivity index (χ4n) is 2.47. The Morgan fingerprint density at radius 1 is 1.00 bits per heavy atom. The first-order valence-corrected chi connectivity index (χ1v) is 7.59. The minimum atomic E-state index is -4.64. The van der Waals surface area contributed by atoms with Crippen LogP contribution in [0.2, 0.25) is 5.02 Å². The van der Waals surface area contributed by atoms with E-state index in [2.05, 4.69) is 0 Å². The van der Waals surface area contributed by atoms with Gasteiger partial charge in [-0.25, -0.2) is 0 Å². The van der Waals surface area contributed by atoms with Crippen molar-refractivity contribution >= 4 is 17.5 Å². The zero-order valence-corrected chi connectivity index (χ0v) is 13.7. The highest BCUT2D eigenvalue weighted by Crippen LogP contribution is 2.36. The molecule has 1 atom stereocenters. The van der Waals surface area contributed by atoms with E-state index in [1.807, 2.05) is 0 Å². The van der Waals surface area contributed by atoms with Crippen LogP contribution < -0.4 is 5.73 Å². The van der Waals surface area contributed by atoms with Crippen LogP contribution in [0.5, 0.6) is 0 Å². The van der Waals surface area contributed by atoms with Crippen LogP contribution in [0.15, 0.2) is 42.5 Å². The van der Waals surface area contributed by atoms with E-state index in [9.17, 15) is 31.1 Å². The number of carbonyl (C=O) groups is 1. The van der Waals surface area contributed by atoms with Crippen LogP contribution in [0.4, 0.5) is 26.3 Å². The van der Waals surface area contributed by atoms with Crippen molar-refractivity contribution in [3.8, 4) is 0 Å². The van der Waals surface area contributed by atoms with Crippen LogP contribution in [0.3, 0.4) is 0 Å². The van der Waals surface area contributed by atoms with Gasteiger partial charge in [-0.2, -0.15) is 26.3 Å². The monoisotopic (exact) mass is 395 g/mol. The van der Waals surface area contributed by atoms with E-state index in [4.69, 9.17) is 17.3 Å². The summed E-state index contributed by atoms with van der Waals surface area (Å²) in [7, 11) is 0. The first-order chi connectivity index (χ1) is 11.9. The van der Waals surface area contributed by atoms with Gasteiger partial charge in [-0.1, -0.05) is 35.9 Å². The minimum absolute atomic E-state index is 0.0170. The van der Waals surface area contributed by atoms with Gasteiger partial charge in [-0.15, -0.1) is 0 Å². The van der Waals surface area contributed by atoms with E-state index in [-0.39, 0.29) is 17.5 Å². The number of halogens is 7. The van der Waals surface area contributed by atoms with Crippen molar-refractivity contribution in [3.63, 3.8) is 0 Å².